The van der Waals surface area contributed by atoms with Gasteiger partial charge < -0.3 is 9.32 Å². The monoisotopic (exact) mass is 577 g/mol. The summed E-state index contributed by atoms with van der Waals surface area (Å²) in [7, 11) is 0. The minimum Gasteiger partial charge on any atom is -0.454 e. The molecule has 0 radical (unpaired) electrons. The van der Waals surface area contributed by atoms with E-state index < -0.39 is 0 Å². The number of nitrogens with zero attached hydrogens (tertiary/aromatic N) is 1. The molecule has 0 spiro atoms. The first-order valence-electron chi connectivity index (χ1n) is 15.6. The highest BCUT2D eigenvalue weighted by Gasteiger charge is 2.36. The van der Waals surface area contributed by atoms with Gasteiger partial charge >= 0.3 is 0 Å². The summed E-state index contributed by atoms with van der Waals surface area (Å²) in [6.07, 6.45) is 0. The van der Waals surface area contributed by atoms with Gasteiger partial charge in [-0.05, 0) is 68.9 Å². The Morgan fingerprint density at radius 3 is 2.09 bits per heavy atom. The minimum atomic E-state index is -0.114. The third kappa shape index (κ3) is 3.82. The lowest BCUT2D eigenvalue weighted by molar-refractivity contribution is 0.660. The number of para-hydroxylation sites is 2. The van der Waals surface area contributed by atoms with E-state index in [1.807, 2.05) is 0 Å². The first-order valence-corrected chi connectivity index (χ1v) is 15.6. The molecule has 1 aliphatic rings. The van der Waals surface area contributed by atoms with Gasteiger partial charge in [-0.1, -0.05) is 135 Å². The third-order valence-corrected chi connectivity index (χ3v) is 9.66. The quantitative estimate of drug-likeness (QED) is 0.207. The number of furan rings is 1. The van der Waals surface area contributed by atoms with Crippen molar-refractivity contribution in [1.29, 1.82) is 0 Å². The van der Waals surface area contributed by atoms with Crippen LogP contribution in [0, 0.1) is 0 Å². The van der Waals surface area contributed by atoms with Crippen LogP contribution in [0.2, 0.25) is 0 Å². The molecule has 214 valence electrons. The van der Waals surface area contributed by atoms with Crippen LogP contribution in [0.3, 0.4) is 0 Å². The van der Waals surface area contributed by atoms with Crippen LogP contribution in [0.4, 0.5) is 17.1 Å². The van der Waals surface area contributed by atoms with Crippen molar-refractivity contribution in [2.75, 3.05) is 4.90 Å². The minimum absolute atomic E-state index is 0.114. The molecule has 0 fully saturated rings. The van der Waals surface area contributed by atoms with Crippen LogP contribution < -0.4 is 4.90 Å². The van der Waals surface area contributed by atoms with Crippen molar-refractivity contribution in [3.05, 3.63) is 163 Å². The van der Waals surface area contributed by atoms with Crippen molar-refractivity contribution in [2.24, 2.45) is 0 Å². The summed E-state index contributed by atoms with van der Waals surface area (Å²) >= 11 is 0. The number of hydrogen-bond acceptors (Lipinski definition) is 2. The standard InChI is InChI=1S/C43H31NO/c1-43(2)36-20-10-8-18-33(36)34-25-24-30(27-37(34)43)44(38-21-11-9-16-31(38)28-13-4-3-5-14-28)39-22-12-19-35-41-32-17-7-6-15-29(32)23-26-40(41)45-42(35)39/h3-27H,1-2H3. The van der Waals surface area contributed by atoms with Crippen molar-refractivity contribution in [3.63, 3.8) is 0 Å². The highest BCUT2D eigenvalue weighted by atomic mass is 16.3. The molecule has 0 bridgehead atoms. The molecule has 8 aromatic rings. The van der Waals surface area contributed by atoms with E-state index in [0.717, 1.165) is 39.0 Å². The first kappa shape index (κ1) is 25.9. The van der Waals surface area contributed by atoms with E-state index in [4.69, 9.17) is 4.42 Å². The summed E-state index contributed by atoms with van der Waals surface area (Å²) in [5, 5.41) is 4.70. The maximum atomic E-state index is 6.80. The Bertz CT molecular complexity index is 2410. The molecule has 1 aromatic heterocycles. The van der Waals surface area contributed by atoms with Crippen LogP contribution in [0.25, 0.3) is 55.0 Å². The van der Waals surface area contributed by atoms with E-state index >= 15 is 0 Å². The lowest BCUT2D eigenvalue weighted by Crippen LogP contribution is -2.17. The van der Waals surface area contributed by atoms with Crippen LogP contribution in [0.15, 0.2) is 156 Å². The van der Waals surface area contributed by atoms with Crippen LogP contribution in [0.5, 0.6) is 0 Å². The molecule has 0 atom stereocenters. The summed E-state index contributed by atoms with van der Waals surface area (Å²) in [5.41, 5.74) is 12.6. The normalized spacial score (nSPS) is 13.3. The van der Waals surface area contributed by atoms with Crippen molar-refractivity contribution in [3.8, 4) is 22.3 Å². The summed E-state index contributed by atoms with van der Waals surface area (Å²) in [6, 6.07) is 54.6. The van der Waals surface area contributed by atoms with Crippen molar-refractivity contribution in [2.45, 2.75) is 19.3 Å². The van der Waals surface area contributed by atoms with Gasteiger partial charge in [-0.25, -0.2) is 0 Å². The van der Waals surface area contributed by atoms with Gasteiger partial charge in [0.1, 0.15) is 5.58 Å². The smallest absolute Gasteiger partial charge is 0.159 e. The second-order valence-corrected chi connectivity index (χ2v) is 12.5. The van der Waals surface area contributed by atoms with Crippen LogP contribution in [-0.2, 0) is 5.41 Å². The number of benzene rings is 7. The highest BCUT2D eigenvalue weighted by molar-refractivity contribution is 6.21. The molecule has 0 amide bonds. The Morgan fingerprint density at radius 1 is 0.511 bits per heavy atom. The number of fused-ring (bicyclic) bond motifs is 8. The van der Waals surface area contributed by atoms with E-state index in [2.05, 4.69) is 170 Å². The Kier molecular flexibility index (Phi) is 5.58. The van der Waals surface area contributed by atoms with Crippen LogP contribution in [0.1, 0.15) is 25.0 Å². The Morgan fingerprint density at radius 2 is 1.20 bits per heavy atom. The molecule has 1 aliphatic carbocycles. The van der Waals surface area contributed by atoms with E-state index in [-0.39, 0.29) is 5.41 Å². The summed E-state index contributed by atoms with van der Waals surface area (Å²) in [5.74, 6) is 0. The predicted molar refractivity (Wildman–Crippen MR) is 189 cm³/mol. The second-order valence-electron chi connectivity index (χ2n) is 12.5. The Balaban J connectivity index is 1.35. The topological polar surface area (TPSA) is 16.4 Å². The van der Waals surface area contributed by atoms with Gasteiger partial charge in [0, 0.05) is 27.4 Å². The van der Waals surface area contributed by atoms with E-state index in [1.54, 1.807) is 0 Å². The molecule has 1 heterocycles. The molecular weight excluding hydrogens is 546 g/mol. The first-order chi connectivity index (χ1) is 22.1. The molecule has 0 saturated heterocycles. The van der Waals surface area contributed by atoms with Gasteiger partial charge in [-0.2, -0.15) is 0 Å². The number of rotatable bonds is 4. The largest absolute Gasteiger partial charge is 0.454 e. The van der Waals surface area contributed by atoms with Gasteiger partial charge in [0.15, 0.2) is 5.58 Å². The van der Waals surface area contributed by atoms with Gasteiger partial charge in [0.2, 0.25) is 0 Å². The fourth-order valence-electron chi connectivity index (χ4n) is 7.50. The van der Waals surface area contributed by atoms with Gasteiger partial charge in [0.25, 0.3) is 0 Å². The molecule has 7 aromatic carbocycles. The average molecular weight is 578 g/mol. The zero-order chi connectivity index (χ0) is 30.1. The van der Waals surface area contributed by atoms with Crippen LogP contribution in [-0.4, -0.2) is 0 Å². The lowest BCUT2D eigenvalue weighted by Gasteiger charge is -2.29. The SMILES string of the molecule is CC1(C)c2ccccc2-c2ccc(N(c3ccccc3-c3ccccc3)c3cccc4c3oc3ccc5ccccc5c34)cc21. The zero-order valence-electron chi connectivity index (χ0n) is 25.3. The second kappa shape index (κ2) is 9.70. The van der Waals surface area contributed by atoms with E-state index in [1.165, 1.54) is 44.2 Å². The number of anilines is 3. The lowest BCUT2D eigenvalue weighted by atomic mass is 9.82. The summed E-state index contributed by atoms with van der Waals surface area (Å²) in [6.45, 7) is 4.68. The van der Waals surface area contributed by atoms with Crippen molar-refractivity contribution >= 4 is 49.8 Å². The molecule has 0 N–H and O–H groups in total. The summed E-state index contributed by atoms with van der Waals surface area (Å²) < 4.78 is 6.80. The Hall–Kier alpha value is -5.60. The molecular formula is C43H31NO. The fraction of sp³-hybridized carbons (Fsp3) is 0.0698. The van der Waals surface area contributed by atoms with Gasteiger partial charge in [-0.15, -0.1) is 0 Å². The molecule has 2 heteroatoms. The molecule has 0 aliphatic heterocycles. The summed E-state index contributed by atoms with van der Waals surface area (Å²) in [4.78, 5) is 2.40. The maximum Gasteiger partial charge on any atom is 0.159 e. The van der Waals surface area contributed by atoms with Crippen molar-refractivity contribution in [1.82, 2.24) is 0 Å². The molecule has 0 unspecified atom stereocenters. The highest BCUT2D eigenvalue weighted by Crippen LogP contribution is 2.52. The van der Waals surface area contributed by atoms with E-state index in [0.29, 0.717) is 0 Å². The van der Waals surface area contributed by atoms with E-state index in [9.17, 15) is 0 Å². The molecule has 2 nitrogen and oxygen atoms in total. The molecule has 45 heavy (non-hydrogen) atoms. The van der Waals surface area contributed by atoms with Crippen molar-refractivity contribution < 1.29 is 4.42 Å². The average Bonchev–Trinajstić information content (AvgIpc) is 3.59. The fourth-order valence-corrected chi connectivity index (χ4v) is 7.50. The predicted octanol–water partition coefficient (Wildman–Crippen LogP) is 12.2. The van der Waals surface area contributed by atoms with Gasteiger partial charge in [0.05, 0.1) is 11.4 Å². The number of hydrogen-bond donors (Lipinski definition) is 0. The Labute approximate surface area is 262 Å². The van der Waals surface area contributed by atoms with Gasteiger partial charge in [-0.3, -0.25) is 0 Å². The zero-order valence-corrected chi connectivity index (χ0v) is 25.3. The third-order valence-electron chi connectivity index (χ3n) is 9.66. The maximum absolute atomic E-state index is 6.80. The molecule has 0 saturated carbocycles. The molecule has 9 rings (SSSR count). The van der Waals surface area contributed by atoms with Crippen LogP contribution >= 0.6 is 0 Å².